The number of carbonyl (C=O) groups is 2. The number of hydrogen-bond donors (Lipinski definition) is 2. The number of rotatable bonds is 2. The third-order valence-corrected chi connectivity index (χ3v) is 2.66. The van der Waals surface area contributed by atoms with Gasteiger partial charge in [-0.1, -0.05) is 11.6 Å². The molecule has 7 heteroatoms. The fourth-order valence-electron chi connectivity index (χ4n) is 1.58. The van der Waals surface area contributed by atoms with E-state index in [0.717, 1.165) is 6.42 Å². The zero-order valence-corrected chi connectivity index (χ0v) is 9.70. The molecular formula is C10H11ClN4O2. The molecule has 0 radical (unpaired) electrons. The van der Waals surface area contributed by atoms with Crippen molar-refractivity contribution in [1.29, 1.82) is 0 Å². The maximum atomic E-state index is 11.7. The number of amides is 2. The van der Waals surface area contributed by atoms with E-state index in [1.165, 1.54) is 12.1 Å². The molecule has 2 amide bonds. The topological polar surface area (TPSA) is 84.0 Å². The van der Waals surface area contributed by atoms with Gasteiger partial charge in [-0.25, -0.2) is 0 Å². The molecule has 1 aliphatic rings. The molecule has 1 fully saturated rings. The lowest BCUT2D eigenvalue weighted by Crippen LogP contribution is -2.50. The van der Waals surface area contributed by atoms with E-state index in [2.05, 4.69) is 20.8 Å². The summed E-state index contributed by atoms with van der Waals surface area (Å²) < 4.78 is 0. The first-order valence-corrected chi connectivity index (χ1v) is 5.62. The lowest BCUT2D eigenvalue weighted by Gasteiger charge is -2.22. The second-order valence-corrected chi connectivity index (χ2v) is 4.09. The van der Waals surface area contributed by atoms with Gasteiger partial charge in [0, 0.05) is 6.54 Å². The summed E-state index contributed by atoms with van der Waals surface area (Å²) in [5, 5.41) is 12.7. The van der Waals surface area contributed by atoms with Gasteiger partial charge >= 0.3 is 0 Å². The highest BCUT2D eigenvalue weighted by Gasteiger charge is 2.24. The van der Waals surface area contributed by atoms with Crippen molar-refractivity contribution in [2.24, 2.45) is 0 Å². The summed E-state index contributed by atoms with van der Waals surface area (Å²) in [7, 11) is 0. The lowest BCUT2D eigenvalue weighted by atomic mass is 10.1. The Morgan fingerprint density at radius 1 is 1.47 bits per heavy atom. The molecule has 1 saturated heterocycles. The van der Waals surface area contributed by atoms with Gasteiger partial charge in [-0.2, -0.15) is 0 Å². The zero-order chi connectivity index (χ0) is 12.3. The van der Waals surface area contributed by atoms with Gasteiger partial charge in [0.1, 0.15) is 6.04 Å². The van der Waals surface area contributed by atoms with Crippen LogP contribution in [0.3, 0.4) is 0 Å². The Labute approximate surface area is 103 Å². The lowest BCUT2D eigenvalue weighted by molar-refractivity contribution is -0.124. The van der Waals surface area contributed by atoms with Crippen LogP contribution in [0.1, 0.15) is 23.3 Å². The van der Waals surface area contributed by atoms with Crippen LogP contribution < -0.4 is 10.6 Å². The molecule has 2 N–H and O–H groups in total. The standard InChI is InChI=1S/C10H11ClN4O2/c11-8-4-3-7(14-15-8)10(17)13-6-2-1-5-12-9(6)16/h3-4,6H,1-2,5H2,(H,12,16)(H,13,17). The molecule has 0 saturated carbocycles. The number of piperidine rings is 1. The summed E-state index contributed by atoms with van der Waals surface area (Å²) >= 11 is 5.56. The van der Waals surface area contributed by atoms with Crippen molar-refractivity contribution in [3.8, 4) is 0 Å². The van der Waals surface area contributed by atoms with E-state index in [1.54, 1.807) is 0 Å². The normalized spacial score (nSPS) is 19.6. The van der Waals surface area contributed by atoms with Crippen LogP contribution >= 0.6 is 11.6 Å². The number of halogens is 1. The van der Waals surface area contributed by atoms with Crippen LogP contribution in [0.4, 0.5) is 0 Å². The first kappa shape index (κ1) is 11.8. The van der Waals surface area contributed by atoms with Gasteiger partial charge in [-0.15, -0.1) is 10.2 Å². The first-order valence-electron chi connectivity index (χ1n) is 5.24. The fraction of sp³-hybridized carbons (Fsp3) is 0.400. The van der Waals surface area contributed by atoms with Crippen molar-refractivity contribution >= 4 is 23.4 Å². The molecular weight excluding hydrogens is 244 g/mol. The Balaban J connectivity index is 2.01. The third-order valence-electron chi connectivity index (χ3n) is 2.46. The van der Waals surface area contributed by atoms with Gasteiger partial charge < -0.3 is 10.6 Å². The molecule has 6 nitrogen and oxygen atoms in total. The van der Waals surface area contributed by atoms with Gasteiger partial charge in [-0.05, 0) is 25.0 Å². The minimum absolute atomic E-state index is 0.146. The monoisotopic (exact) mass is 254 g/mol. The minimum atomic E-state index is -0.492. The summed E-state index contributed by atoms with van der Waals surface area (Å²) in [5.41, 5.74) is 0.146. The van der Waals surface area contributed by atoms with E-state index in [9.17, 15) is 9.59 Å². The predicted molar refractivity (Wildman–Crippen MR) is 60.5 cm³/mol. The van der Waals surface area contributed by atoms with Gasteiger partial charge in [-0.3, -0.25) is 9.59 Å². The Kier molecular flexibility index (Phi) is 3.53. The molecule has 0 bridgehead atoms. The Hall–Kier alpha value is -1.69. The number of aromatic nitrogens is 2. The van der Waals surface area contributed by atoms with Crippen molar-refractivity contribution in [3.05, 3.63) is 23.0 Å². The Morgan fingerprint density at radius 2 is 2.29 bits per heavy atom. The van der Waals surface area contributed by atoms with Crippen molar-refractivity contribution in [3.63, 3.8) is 0 Å². The zero-order valence-electron chi connectivity index (χ0n) is 8.94. The molecule has 1 unspecified atom stereocenters. The van der Waals surface area contributed by atoms with Crippen molar-refractivity contribution in [2.45, 2.75) is 18.9 Å². The summed E-state index contributed by atoms with van der Waals surface area (Å²) in [6.45, 7) is 0.659. The second-order valence-electron chi connectivity index (χ2n) is 3.70. The smallest absolute Gasteiger partial charge is 0.272 e. The second kappa shape index (κ2) is 5.09. The molecule has 1 aromatic heterocycles. The molecule has 1 aliphatic heterocycles. The molecule has 17 heavy (non-hydrogen) atoms. The van der Waals surface area contributed by atoms with E-state index < -0.39 is 11.9 Å². The molecule has 90 valence electrons. The summed E-state index contributed by atoms with van der Waals surface area (Å²) in [4.78, 5) is 23.2. The number of carbonyl (C=O) groups excluding carboxylic acids is 2. The first-order chi connectivity index (χ1) is 8.16. The largest absolute Gasteiger partial charge is 0.354 e. The molecule has 2 heterocycles. The van der Waals surface area contributed by atoms with Gasteiger partial charge in [0.15, 0.2) is 10.8 Å². The minimum Gasteiger partial charge on any atom is -0.354 e. The number of nitrogens with zero attached hydrogens (tertiary/aromatic N) is 2. The highest BCUT2D eigenvalue weighted by molar-refractivity contribution is 6.29. The molecule has 1 atom stereocenters. The molecule has 0 aliphatic carbocycles. The quantitative estimate of drug-likeness (QED) is 0.786. The Bertz CT molecular complexity index is 434. The van der Waals surface area contributed by atoms with Crippen LogP contribution in [-0.2, 0) is 4.79 Å². The highest BCUT2D eigenvalue weighted by atomic mass is 35.5. The van der Waals surface area contributed by atoms with Crippen LogP contribution in [0.2, 0.25) is 5.15 Å². The molecule has 2 rings (SSSR count). The van der Waals surface area contributed by atoms with Crippen molar-refractivity contribution < 1.29 is 9.59 Å². The molecule has 0 aromatic carbocycles. The van der Waals surface area contributed by atoms with E-state index in [0.29, 0.717) is 13.0 Å². The van der Waals surface area contributed by atoms with Crippen molar-refractivity contribution in [2.75, 3.05) is 6.54 Å². The fourth-order valence-corrected chi connectivity index (χ4v) is 1.68. The van der Waals surface area contributed by atoms with Crippen LogP contribution in [-0.4, -0.2) is 34.6 Å². The van der Waals surface area contributed by atoms with Crippen LogP contribution in [0.5, 0.6) is 0 Å². The molecule has 0 spiro atoms. The summed E-state index contributed by atoms with van der Waals surface area (Å²) in [6, 6.07) is 2.45. The van der Waals surface area contributed by atoms with E-state index in [4.69, 9.17) is 11.6 Å². The average molecular weight is 255 g/mol. The third kappa shape index (κ3) is 2.91. The Morgan fingerprint density at radius 3 is 2.94 bits per heavy atom. The summed E-state index contributed by atoms with van der Waals surface area (Å²) in [5.74, 6) is -0.581. The highest BCUT2D eigenvalue weighted by Crippen LogP contribution is 2.05. The predicted octanol–water partition coefficient (Wildman–Crippen LogP) is 0.138. The van der Waals surface area contributed by atoms with Crippen LogP contribution in [0.15, 0.2) is 12.1 Å². The van der Waals surface area contributed by atoms with Gasteiger partial charge in [0.2, 0.25) is 5.91 Å². The van der Waals surface area contributed by atoms with E-state index in [-0.39, 0.29) is 16.8 Å². The van der Waals surface area contributed by atoms with Gasteiger partial charge in [0.25, 0.3) is 5.91 Å². The maximum absolute atomic E-state index is 11.7. The van der Waals surface area contributed by atoms with Crippen LogP contribution in [0.25, 0.3) is 0 Å². The number of hydrogen-bond acceptors (Lipinski definition) is 4. The van der Waals surface area contributed by atoms with Gasteiger partial charge in [0.05, 0.1) is 0 Å². The van der Waals surface area contributed by atoms with Crippen molar-refractivity contribution in [1.82, 2.24) is 20.8 Å². The van der Waals surface area contributed by atoms with E-state index >= 15 is 0 Å². The molecule has 1 aromatic rings. The van der Waals surface area contributed by atoms with Crippen LogP contribution in [0, 0.1) is 0 Å². The summed E-state index contributed by atoms with van der Waals surface area (Å²) in [6.07, 6.45) is 1.49. The maximum Gasteiger partial charge on any atom is 0.272 e. The number of nitrogens with one attached hydrogen (secondary N) is 2. The average Bonchev–Trinajstić information content (AvgIpc) is 2.33. The SMILES string of the molecule is O=C(NC1CCCNC1=O)c1ccc(Cl)nn1. The van der Waals surface area contributed by atoms with E-state index in [1.807, 2.05) is 0 Å².